The molecule has 0 aliphatic rings. The molecule has 0 aliphatic carbocycles. The number of aliphatic hydroxyl groups excluding tert-OH is 2. The molecule has 0 saturated carbocycles. The zero-order valence-electron chi connectivity index (χ0n) is 11.5. The van der Waals surface area contributed by atoms with E-state index in [4.69, 9.17) is 10.2 Å². The summed E-state index contributed by atoms with van der Waals surface area (Å²) in [6.45, 7) is 6.25. The fourth-order valence-corrected chi connectivity index (χ4v) is 4.73. The predicted octanol–water partition coefficient (Wildman–Crippen LogP) is -0.805. The highest BCUT2D eigenvalue weighted by Crippen LogP contribution is 2.54. The molecule has 2 N–H and O–H groups in total. The van der Waals surface area contributed by atoms with E-state index < -0.39 is 24.7 Å². The van der Waals surface area contributed by atoms with Gasteiger partial charge in [0.15, 0.2) is 0 Å². The quantitative estimate of drug-likeness (QED) is 0.564. The summed E-state index contributed by atoms with van der Waals surface area (Å²) >= 11 is 0. The highest BCUT2D eigenvalue weighted by atomic mass is 31.2. The van der Waals surface area contributed by atoms with E-state index in [9.17, 15) is 14.4 Å². The van der Waals surface area contributed by atoms with Gasteiger partial charge in [0.2, 0.25) is 0 Å². The SMILES string of the molecule is CC(C)C(C(C)C)(N(CCO)CCO)P(=O)([O-])[O-]. The van der Waals surface area contributed by atoms with Gasteiger partial charge in [-0.25, -0.2) is 0 Å². The molecule has 0 aromatic heterocycles. The first-order chi connectivity index (χ1) is 8.16. The summed E-state index contributed by atoms with van der Waals surface area (Å²) in [4.78, 5) is 25.0. The molecular formula is C11H24NO5P-2. The van der Waals surface area contributed by atoms with Crippen LogP contribution in [0, 0.1) is 11.8 Å². The number of hydrogen-bond acceptors (Lipinski definition) is 6. The van der Waals surface area contributed by atoms with Gasteiger partial charge in [0.05, 0.1) is 18.5 Å². The normalized spacial score (nSPS) is 13.9. The van der Waals surface area contributed by atoms with Gasteiger partial charge in [0, 0.05) is 13.1 Å². The molecule has 0 saturated heterocycles. The molecule has 0 aliphatic heterocycles. The average molecular weight is 281 g/mol. The third kappa shape index (κ3) is 3.32. The molecule has 110 valence electrons. The van der Waals surface area contributed by atoms with Crippen LogP contribution in [0.5, 0.6) is 0 Å². The highest BCUT2D eigenvalue weighted by Gasteiger charge is 2.45. The lowest BCUT2D eigenvalue weighted by Crippen LogP contribution is -2.61. The van der Waals surface area contributed by atoms with Crippen molar-refractivity contribution >= 4 is 7.60 Å². The molecule has 0 aromatic carbocycles. The van der Waals surface area contributed by atoms with Gasteiger partial charge in [-0.2, -0.15) is 0 Å². The van der Waals surface area contributed by atoms with Crippen LogP contribution in [-0.4, -0.2) is 46.7 Å². The van der Waals surface area contributed by atoms with Crippen molar-refractivity contribution in [3.8, 4) is 0 Å². The van der Waals surface area contributed by atoms with Gasteiger partial charge in [-0.15, -0.1) is 0 Å². The van der Waals surface area contributed by atoms with Crippen LogP contribution < -0.4 is 9.79 Å². The fraction of sp³-hybridized carbons (Fsp3) is 1.00. The molecule has 0 rings (SSSR count). The summed E-state index contributed by atoms with van der Waals surface area (Å²) in [6, 6.07) is 0. The monoisotopic (exact) mass is 281 g/mol. The van der Waals surface area contributed by atoms with Crippen molar-refractivity contribution < 1.29 is 24.6 Å². The van der Waals surface area contributed by atoms with Crippen molar-refractivity contribution in [1.82, 2.24) is 4.90 Å². The van der Waals surface area contributed by atoms with Crippen molar-refractivity contribution in [2.75, 3.05) is 26.3 Å². The van der Waals surface area contributed by atoms with Crippen LogP contribution in [-0.2, 0) is 4.57 Å². The Morgan fingerprint density at radius 2 is 1.39 bits per heavy atom. The maximum atomic E-state index is 11.8. The van der Waals surface area contributed by atoms with Crippen LogP contribution >= 0.6 is 7.60 Å². The third-order valence-corrected chi connectivity index (χ3v) is 5.58. The largest absolute Gasteiger partial charge is 0.809 e. The summed E-state index contributed by atoms with van der Waals surface area (Å²) in [5.74, 6) is -0.868. The van der Waals surface area contributed by atoms with Crippen LogP contribution in [0.4, 0.5) is 0 Å². The smallest absolute Gasteiger partial charge is 0.0558 e. The summed E-state index contributed by atoms with van der Waals surface area (Å²) in [6.07, 6.45) is 0. The highest BCUT2D eigenvalue weighted by molar-refractivity contribution is 7.50. The minimum Gasteiger partial charge on any atom is -0.809 e. The van der Waals surface area contributed by atoms with Gasteiger partial charge in [0.25, 0.3) is 0 Å². The number of aliphatic hydroxyl groups is 2. The number of nitrogens with zero attached hydrogens (tertiary/aromatic N) is 1. The van der Waals surface area contributed by atoms with Crippen molar-refractivity contribution in [2.45, 2.75) is 33.0 Å². The molecule has 7 heteroatoms. The Morgan fingerprint density at radius 3 is 1.56 bits per heavy atom. The van der Waals surface area contributed by atoms with E-state index in [-0.39, 0.29) is 26.3 Å². The van der Waals surface area contributed by atoms with E-state index in [2.05, 4.69) is 0 Å². The Morgan fingerprint density at radius 1 is 1.06 bits per heavy atom. The molecule has 6 nitrogen and oxygen atoms in total. The molecule has 0 unspecified atom stereocenters. The molecular weight excluding hydrogens is 257 g/mol. The van der Waals surface area contributed by atoms with Crippen molar-refractivity contribution in [3.05, 3.63) is 0 Å². The van der Waals surface area contributed by atoms with Crippen LogP contribution in [0.25, 0.3) is 0 Å². The van der Waals surface area contributed by atoms with Gasteiger partial charge in [-0.1, -0.05) is 27.7 Å². The van der Waals surface area contributed by atoms with Gasteiger partial charge >= 0.3 is 0 Å². The van der Waals surface area contributed by atoms with Gasteiger partial charge < -0.3 is 24.6 Å². The molecule has 0 aromatic rings. The molecule has 0 radical (unpaired) electrons. The van der Waals surface area contributed by atoms with Gasteiger partial charge in [-0.3, -0.25) is 4.90 Å². The van der Waals surface area contributed by atoms with Crippen molar-refractivity contribution in [2.24, 2.45) is 11.8 Å². The van der Waals surface area contributed by atoms with Crippen LogP contribution in [0.2, 0.25) is 0 Å². The fourth-order valence-electron chi connectivity index (χ4n) is 2.91. The predicted molar refractivity (Wildman–Crippen MR) is 65.8 cm³/mol. The van der Waals surface area contributed by atoms with Crippen LogP contribution in [0.1, 0.15) is 27.7 Å². The van der Waals surface area contributed by atoms with E-state index in [1.165, 1.54) is 4.90 Å². The standard InChI is InChI=1S/C11H26NO5P/c1-9(2)11(10(3)4,18(15,16)17)12(5-7-13)6-8-14/h9-10,13-14H,5-8H2,1-4H3,(H2,15,16,17)/p-2. The van der Waals surface area contributed by atoms with E-state index in [1.54, 1.807) is 27.7 Å². The molecule has 0 heterocycles. The zero-order chi connectivity index (χ0) is 14.6. The molecule has 0 spiro atoms. The second-order valence-electron chi connectivity index (χ2n) is 5.02. The van der Waals surface area contributed by atoms with E-state index in [0.717, 1.165) is 0 Å². The lowest BCUT2D eigenvalue weighted by atomic mass is 9.90. The lowest BCUT2D eigenvalue weighted by molar-refractivity contribution is -0.330. The summed E-state index contributed by atoms with van der Waals surface area (Å²) < 4.78 is 11.8. The van der Waals surface area contributed by atoms with Gasteiger partial charge in [0.1, 0.15) is 0 Å². The minimum atomic E-state index is -4.93. The lowest BCUT2D eigenvalue weighted by Gasteiger charge is -2.60. The maximum absolute atomic E-state index is 11.8. The van der Waals surface area contributed by atoms with Crippen molar-refractivity contribution in [1.29, 1.82) is 0 Å². The van der Waals surface area contributed by atoms with Crippen molar-refractivity contribution in [3.63, 3.8) is 0 Å². The first-order valence-electron chi connectivity index (χ1n) is 6.15. The summed E-state index contributed by atoms with van der Waals surface area (Å²) in [7, 11) is -4.93. The molecule has 18 heavy (non-hydrogen) atoms. The first-order valence-corrected chi connectivity index (χ1v) is 7.69. The number of rotatable bonds is 8. The molecule has 0 amide bonds. The summed E-state index contributed by atoms with van der Waals surface area (Å²) in [5.41, 5.74) is 0. The maximum Gasteiger partial charge on any atom is 0.0558 e. The van der Waals surface area contributed by atoms with E-state index >= 15 is 0 Å². The minimum absolute atomic E-state index is 0.0470. The molecule has 0 bridgehead atoms. The van der Waals surface area contributed by atoms with Gasteiger partial charge in [-0.05, 0) is 19.4 Å². The third-order valence-electron chi connectivity index (χ3n) is 3.38. The Kier molecular flexibility index (Phi) is 7.00. The first kappa shape index (κ1) is 18.0. The zero-order valence-corrected chi connectivity index (χ0v) is 12.4. The topological polar surface area (TPSA) is 107 Å². The Bertz CT molecular complexity index is 275. The Labute approximate surface area is 109 Å². The van der Waals surface area contributed by atoms with E-state index in [0.29, 0.717) is 0 Å². The van der Waals surface area contributed by atoms with E-state index in [1.807, 2.05) is 0 Å². The summed E-state index contributed by atoms with van der Waals surface area (Å²) in [5, 5.41) is 16.5. The molecule has 0 fully saturated rings. The van der Waals surface area contributed by atoms with Crippen LogP contribution in [0.15, 0.2) is 0 Å². The molecule has 0 atom stereocenters. The second-order valence-corrected chi connectivity index (χ2v) is 6.74. The average Bonchev–Trinajstić information content (AvgIpc) is 2.15. The second kappa shape index (κ2) is 6.98. The Hall–Kier alpha value is 0.0300. The van der Waals surface area contributed by atoms with Crippen LogP contribution in [0.3, 0.4) is 0 Å². The number of hydrogen-bond donors (Lipinski definition) is 2. The Balaban J connectivity index is 5.73.